The maximum absolute atomic E-state index is 11.4. The minimum absolute atomic E-state index is 0.0292. The van der Waals surface area contributed by atoms with E-state index >= 15 is 0 Å². The van der Waals surface area contributed by atoms with Crippen LogP contribution in [0.2, 0.25) is 0 Å². The van der Waals surface area contributed by atoms with Crippen molar-refractivity contribution >= 4 is 5.69 Å². The Labute approximate surface area is 141 Å². The van der Waals surface area contributed by atoms with Gasteiger partial charge < -0.3 is 25.2 Å². The van der Waals surface area contributed by atoms with Gasteiger partial charge in [-0.15, -0.1) is 0 Å². The van der Waals surface area contributed by atoms with Gasteiger partial charge in [0.25, 0.3) is 5.69 Å². The molecule has 8 heteroatoms. The zero-order valence-corrected chi connectivity index (χ0v) is 13.2. The summed E-state index contributed by atoms with van der Waals surface area (Å²) in [6, 6.07) is 3.95. The number of hydrogen-bond donors (Lipinski definition) is 4. The van der Waals surface area contributed by atoms with Gasteiger partial charge in [-0.1, -0.05) is 0 Å². The van der Waals surface area contributed by atoms with Gasteiger partial charge in [0.15, 0.2) is 23.0 Å². The monoisotopic (exact) mass is 345 g/mol. The van der Waals surface area contributed by atoms with E-state index in [9.17, 15) is 30.5 Å². The molecule has 130 valence electrons. The molecule has 0 aromatic heterocycles. The number of aromatic hydroxyl groups is 3. The van der Waals surface area contributed by atoms with E-state index in [1.807, 2.05) is 0 Å². The number of phenols is 3. The molecular weight excluding hydrogens is 330 g/mol. The first kappa shape index (κ1) is 15.5. The lowest BCUT2D eigenvalue weighted by molar-refractivity contribution is -0.386. The van der Waals surface area contributed by atoms with Crippen LogP contribution in [0, 0.1) is 17.0 Å². The summed E-state index contributed by atoms with van der Waals surface area (Å²) >= 11 is 0. The molecular formula is C17H15NO7. The molecule has 0 spiro atoms. The Morgan fingerprint density at radius 3 is 2.60 bits per heavy atom. The van der Waals surface area contributed by atoms with Crippen molar-refractivity contribution in [1.82, 2.24) is 0 Å². The third kappa shape index (κ3) is 2.04. The topological polar surface area (TPSA) is 133 Å². The molecule has 0 bridgehead atoms. The molecule has 2 aliphatic rings. The number of phenolic OH excluding ortho intramolecular Hbond substituents is 3. The summed E-state index contributed by atoms with van der Waals surface area (Å²) < 4.78 is 5.65. The number of ether oxygens (including phenoxy) is 1. The molecule has 0 radical (unpaired) electrons. The number of hydrogen-bond acceptors (Lipinski definition) is 7. The van der Waals surface area contributed by atoms with E-state index < -0.39 is 16.6 Å². The van der Waals surface area contributed by atoms with Crippen LogP contribution in [0.3, 0.4) is 0 Å². The van der Waals surface area contributed by atoms with E-state index in [0.717, 1.165) is 0 Å². The Balaban J connectivity index is 1.91. The zero-order valence-electron chi connectivity index (χ0n) is 13.2. The van der Waals surface area contributed by atoms with Crippen LogP contribution in [-0.4, -0.2) is 31.1 Å². The van der Waals surface area contributed by atoms with E-state index in [-0.39, 0.29) is 52.7 Å². The first-order valence-corrected chi connectivity index (χ1v) is 7.67. The van der Waals surface area contributed by atoms with Gasteiger partial charge >= 0.3 is 0 Å². The minimum atomic E-state index is -1.71. The summed E-state index contributed by atoms with van der Waals surface area (Å²) in [5, 5.41) is 52.0. The number of benzene rings is 2. The van der Waals surface area contributed by atoms with E-state index in [0.29, 0.717) is 11.1 Å². The van der Waals surface area contributed by atoms with E-state index in [4.69, 9.17) is 4.74 Å². The second-order valence-electron chi connectivity index (χ2n) is 6.55. The smallest absolute Gasteiger partial charge is 0.276 e. The summed E-state index contributed by atoms with van der Waals surface area (Å²) in [7, 11) is 0. The average Bonchev–Trinajstić information content (AvgIpc) is 2.80. The highest BCUT2D eigenvalue weighted by Crippen LogP contribution is 2.55. The van der Waals surface area contributed by atoms with Crippen LogP contribution in [0.5, 0.6) is 23.0 Å². The number of nitro benzene ring substituents is 1. The van der Waals surface area contributed by atoms with Crippen LogP contribution < -0.4 is 4.74 Å². The second-order valence-corrected chi connectivity index (χ2v) is 6.55. The standard InChI is InChI=1S/C17H15NO7/c1-7-2-12(18(23)24)10-4-11-9-5-14(20)13(19)3-8(9)6-17(11,22)25-16(10)15(7)21/h2-3,5,11,19-22H,4,6H2,1H3. The predicted octanol–water partition coefficient (Wildman–Crippen LogP) is 1.98. The molecule has 2 aromatic carbocycles. The van der Waals surface area contributed by atoms with Crippen molar-refractivity contribution in [2.75, 3.05) is 0 Å². The molecule has 2 aromatic rings. The number of rotatable bonds is 1. The van der Waals surface area contributed by atoms with Crippen LogP contribution in [0.4, 0.5) is 5.69 Å². The first-order valence-electron chi connectivity index (χ1n) is 7.67. The average molecular weight is 345 g/mol. The van der Waals surface area contributed by atoms with Crippen LogP contribution in [0.15, 0.2) is 18.2 Å². The second kappa shape index (κ2) is 4.76. The van der Waals surface area contributed by atoms with Crippen molar-refractivity contribution < 1.29 is 30.1 Å². The number of aryl methyl sites for hydroxylation is 1. The summed E-state index contributed by atoms with van der Waals surface area (Å²) in [6.45, 7) is 1.52. The third-order valence-corrected chi connectivity index (χ3v) is 5.01. The molecule has 4 N–H and O–H groups in total. The quantitative estimate of drug-likeness (QED) is 0.353. The lowest BCUT2D eigenvalue weighted by atomic mass is 9.85. The molecule has 1 aliphatic heterocycles. The first-order chi connectivity index (χ1) is 11.7. The predicted molar refractivity (Wildman–Crippen MR) is 85.0 cm³/mol. The highest BCUT2D eigenvalue weighted by Gasteiger charge is 2.52. The van der Waals surface area contributed by atoms with Gasteiger partial charge in [-0.2, -0.15) is 0 Å². The molecule has 25 heavy (non-hydrogen) atoms. The van der Waals surface area contributed by atoms with Crippen molar-refractivity contribution in [3.05, 3.63) is 50.6 Å². The van der Waals surface area contributed by atoms with Crippen LogP contribution in [-0.2, 0) is 12.8 Å². The number of nitro groups is 1. The van der Waals surface area contributed by atoms with Crippen LogP contribution in [0.25, 0.3) is 0 Å². The van der Waals surface area contributed by atoms with Gasteiger partial charge in [0.1, 0.15) is 0 Å². The molecule has 0 amide bonds. The number of nitrogens with zero attached hydrogens (tertiary/aromatic N) is 1. The van der Waals surface area contributed by atoms with E-state index in [1.165, 1.54) is 25.1 Å². The highest BCUT2D eigenvalue weighted by atomic mass is 16.6. The van der Waals surface area contributed by atoms with E-state index in [2.05, 4.69) is 0 Å². The van der Waals surface area contributed by atoms with Gasteiger partial charge in [-0.05, 0) is 36.6 Å². The van der Waals surface area contributed by atoms with Gasteiger partial charge in [-0.25, -0.2) is 0 Å². The lowest BCUT2D eigenvalue weighted by Gasteiger charge is -2.36. The fourth-order valence-electron chi connectivity index (χ4n) is 3.78. The molecule has 4 rings (SSSR count). The minimum Gasteiger partial charge on any atom is -0.504 e. The number of aliphatic hydroxyl groups is 1. The summed E-state index contributed by atoms with van der Waals surface area (Å²) in [5.74, 6) is -3.37. The normalized spacial score (nSPS) is 23.4. The fraction of sp³-hybridized carbons (Fsp3) is 0.294. The Bertz CT molecular complexity index is 939. The fourth-order valence-corrected chi connectivity index (χ4v) is 3.78. The molecule has 2 unspecified atom stereocenters. The third-order valence-electron chi connectivity index (χ3n) is 5.01. The Morgan fingerprint density at radius 1 is 1.24 bits per heavy atom. The summed E-state index contributed by atoms with van der Waals surface area (Å²) in [4.78, 5) is 10.8. The Morgan fingerprint density at radius 2 is 1.92 bits per heavy atom. The maximum atomic E-state index is 11.4. The van der Waals surface area contributed by atoms with Crippen molar-refractivity contribution in [1.29, 1.82) is 0 Å². The zero-order chi connectivity index (χ0) is 18.1. The lowest BCUT2D eigenvalue weighted by Crippen LogP contribution is -2.44. The van der Waals surface area contributed by atoms with Crippen molar-refractivity contribution in [2.24, 2.45) is 0 Å². The SMILES string of the molecule is Cc1cc([N+](=O)[O-])c2c(c1O)OC1(O)Cc3cc(O)c(O)cc3C1C2. The Kier molecular flexibility index (Phi) is 2.96. The maximum Gasteiger partial charge on any atom is 0.276 e. The van der Waals surface area contributed by atoms with E-state index in [1.54, 1.807) is 0 Å². The Hall–Kier alpha value is -3.00. The molecule has 1 aliphatic carbocycles. The highest BCUT2D eigenvalue weighted by molar-refractivity contribution is 5.63. The van der Waals surface area contributed by atoms with Crippen molar-refractivity contribution in [3.8, 4) is 23.0 Å². The summed E-state index contributed by atoms with van der Waals surface area (Å²) in [5.41, 5.74) is 1.41. The molecule has 8 nitrogen and oxygen atoms in total. The van der Waals surface area contributed by atoms with Crippen LogP contribution >= 0.6 is 0 Å². The number of fused-ring (bicyclic) bond motifs is 4. The van der Waals surface area contributed by atoms with Crippen molar-refractivity contribution in [2.45, 2.75) is 31.5 Å². The van der Waals surface area contributed by atoms with Gasteiger partial charge in [-0.3, -0.25) is 10.1 Å². The van der Waals surface area contributed by atoms with Gasteiger partial charge in [0, 0.05) is 18.1 Å². The van der Waals surface area contributed by atoms with Crippen molar-refractivity contribution in [3.63, 3.8) is 0 Å². The molecule has 0 saturated heterocycles. The largest absolute Gasteiger partial charge is 0.504 e. The van der Waals surface area contributed by atoms with Gasteiger partial charge in [0.05, 0.1) is 16.4 Å². The van der Waals surface area contributed by atoms with Crippen LogP contribution in [0.1, 0.15) is 28.2 Å². The molecule has 0 fully saturated rings. The molecule has 0 saturated carbocycles. The summed E-state index contributed by atoms with van der Waals surface area (Å²) in [6.07, 6.45) is 0.0919. The van der Waals surface area contributed by atoms with Gasteiger partial charge in [0.2, 0.25) is 5.79 Å². The molecule has 1 heterocycles. The molecule has 2 atom stereocenters.